The van der Waals surface area contributed by atoms with Gasteiger partial charge in [0.05, 0.1) is 0 Å². The van der Waals surface area contributed by atoms with Crippen LogP contribution in [0.1, 0.15) is 16.0 Å². The highest BCUT2D eigenvalue weighted by Gasteiger charge is 2.15. The summed E-state index contributed by atoms with van der Waals surface area (Å²) in [5, 5.41) is 2.27. The predicted molar refractivity (Wildman–Crippen MR) is 85.7 cm³/mol. The lowest BCUT2D eigenvalue weighted by atomic mass is 10.0. The highest BCUT2D eigenvalue weighted by atomic mass is 79.9. The zero-order valence-electron chi connectivity index (χ0n) is 11.2. The number of alkyl halides is 1. The zero-order valence-corrected chi connectivity index (χ0v) is 12.8. The van der Waals surface area contributed by atoms with E-state index in [2.05, 4.69) is 15.9 Å². The monoisotopic (exact) mass is 346 g/mol. The van der Waals surface area contributed by atoms with E-state index in [1.54, 1.807) is 0 Å². The summed E-state index contributed by atoms with van der Waals surface area (Å²) in [6, 6.07) is 18.1. The Balaban J connectivity index is 1.91. The van der Waals surface area contributed by atoms with Gasteiger partial charge in [-0.3, -0.25) is 0 Å². The van der Waals surface area contributed by atoms with Gasteiger partial charge in [0.25, 0.3) is 0 Å². The van der Waals surface area contributed by atoms with Gasteiger partial charge < -0.3 is 0 Å². The topological polar surface area (TPSA) is 0 Å². The third-order valence-electron chi connectivity index (χ3n) is 3.58. The van der Waals surface area contributed by atoms with Crippen LogP contribution in [0.15, 0.2) is 60.7 Å². The lowest BCUT2D eigenvalue weighted by molar-refractivity contribution is 0.554. The Morgan fingerprint density at radius 1 is 0.810 bits per heavy atom. The van der Waals surface area contributed by atoms with Gasteiger partial charge in [-0.25, -0.2) is 8.78 Å². The number of hydrogen-bond donors (Lipinski definition) is 0. The fourth-order valence-electron chi connectivity index (χ4n) is 2.43. The summed E-state index contributed by atoms with van der Waals surface area (Å²) in [5.74, 6) is -1.000. The molecule has 1 atom stereocenters. The molecule has 0 aliphatic carbocycles. The van der Waals surface area contributed by atoms with Crippen molar-refractivity contribution in [2.24, 2.45) is 0 Å². The molecule has 0 saturated heterocycles. The predicted octanol–water partition coefficient (Wildman–Crippen LogP) is 5.80. The molecule has 0 spiro atoms. The Hall–Kier alpha value is -1.74. The molecule has 0 aromatic heterocycles. The standard InChI is InChI=1S/C18H13BrF2/c19-16(11-15-17(20)6-3-7-18(15)21)14-9-8-12-4-1-2-5-13(12)10-14/h1-10,16H,11H2. The van der Waals surface area contributed by atoms with Crippen molar-refractivity contribution in [3.63, 3.8) is 0 Å². The van der Waals surface area contributed by atoms with Gasteiger partial charge in [-0.1, -0.05) is 64.5 Å². The molecule has 0 radical (unpaired) electrons. The third kappa shape index (κ3) is 2.98. The maximum atomic E-state index is 13.7. The van der Waals surface area contributed by atoms with Crippen LogP contribution in [-0.2, 0) is 6.42 Å². The Bertz CT molecular complexity index is 763. The number of rotatable bonds is 3. The van der Waals surface area contributed by atoms with Crippen LogP contribution in [-0.4, -0.2) is 0 Å². The minimum atomic E-state index is -0.500. The number of benzene rings is 3. The molecule has 3 heteroatoms. The summed E-state index contributed by atoms with van der Waals surface area (Å²) in [4.78, 5) is -0.131. The van der Waals surface area contributed by atoms with Crippen molar-refractivity contribution in [3.8, 4) is 0 Å². The van der Waals surface area contributed by atoms with E-state index < -0.39 is 11.6 Å². The summed E-state index contributed by atoms with van der Waals surface area (Å²) in [5.41, 5.74) is 1.13. The first-order chi connectivity index (χ1) is 10.1. The zero-order chi connectivity index (χ0) is 14.8. The van der Waals surface area contributed by atoms with E-state index in [0.29, 0.717) is 0 Å². The molecule has 0 N–H and O–H groups in total. The summed E-state index contributed by atoms with van der Waals surface area (Å²) in [7, 11) is 0. The highest BCUT2D eigenvalue weighted by molar-refractivity contribution is 9.09. The van der Waals surface area contributed by atoms with Gasteiger partial charge in [0.1, 0.15) is 11.6 Å². The Labute approximate surface area is 130 Å². The van der Waals surface area contributed by atoms with Crippen LogP contribution in [0.4, 0.5) is 8.78 Å². The summed E-state index contributed by atoms with van der Waals surface area (Å²) < 4.78 is 27.4. The van der Waals surface area contributed by atoms with Crippen LogP contribution >= 0.6 is 15.9 Å². The normalized spacial score (nSPS) is 12.5. The molecule has 0 aliphatic rings. The molecular weight excluding hydrogens is 334 g/mol. The summed E-state index contributed by atoms with van der Waals surface area (Å²) in [6.45, 7) is 0. The third-order valence-corrected chi connectivity index (χ3v) is 4.43. The van der Waals surface area contributed by atoms with Gasteiger partial charge in [0.2, 0.25) is 0 Å². The van der Waals surface area contributed by atoms with Crippen LogP contribution in [0.2, 0.25) is 0 Å². The quantitative estimate of drug-likeness (QED) is 0.526. The second kappa shape index (κ2) is 5.94. The van der Waals surface area contributed by atoms with Crippen molar-refractivity contribution < 1.29 is 8.78 Å². The summed E-state index contributed by atoms with van der Waals surface area (Å²) in [6.07, 6.45) is 0.275. The average molecular weight is 347 g/mol. The van der Waals surface area contributed by atoms with Gasteiger partial charge in [-0.15, -0.1) is 0 Å². The van der Waals surface area contributed by atoms with Gasteiger partial charge in [-0.2, -0.15) is 0 Å². The average Bonchev–Trinajstić information content (AvgIpc) is 2.50. The fraction of sp³-hybridized carbons (Fsp3) is 0.111. The van der Waals surface area contributed by atoms with Gasteiger partial charge >= 0.3 is 0 Å². The van der Waals surface area contributed by atoms with E-state index in [-0.39, 0.29) is 16.8 Å². The van der Waals surface area contributed by atoms with Crippen molar-refractivity contribution in [3.05, 3.63) is 83.4 Å². The molecule has 0 bridgehead atoms. The van der Waals surface area contributed by atoms with Gasteiger partial charge in [0, 0.05) is 10.4 Å². The van der Waals surface area contributed by atoms with E-state index in [9.17, 15) is 8.78 Å². The van der Waals surface area contributed by atoms with Crippen LogP contribution in [0.3, 0.4) is 0 Å². The second-order valence-electron chi connectivity index (χ2n) is 4.98. The van der Waals surface area contributed by atoms with Gasteiger partial charge in [0.15, 0.2) is 0 Å². The SMILES string of the molecule is Fc1cccc(F)c1CC(Br)c1ccc2ccccc2c1. The minimum absolute atomic E-state index is 0.118. The second-order valence-corrected chi connectivity index (χ2v) is 6.08. The number of fused-ring (bicyclic) bond motifs is 1. The smallest absolute Gasteiger partial charge is 0.129 e. The lowest BCUT2D eigenvalue weighted by Crippen LogP contribution is -2.01. The fourth-order valence-corrected chi connectivity index (χ4v) is 3.04. The first-order valence-corrected chi connectivity index (χ1v) is 7.62. The Kier molecular flexibility index (Phi) is 4.02. The summed E-state index contributed by atoms with van der Waals surface area (Å²) >= 11 is 3.54. The van der Waals surface area contributed by atoms with Crippen molar-refractivity contribution in [2.45, 2.75) is 11.2 Å². The Morgan fingerprint density at radius 2 is 1.48 bits per heavy atom. The highest BCUT2D eigenvalue weighted by Crippen LogP contribution is 2.31. The molecule has 0 heterocycles. The van der Waals surface area contributed by atoms with Crippen LogP contribution in [0.25, 0.3) is 10.8 Å². The van der Waals surface area contributed by atoms with Crippen LogP contribution in [0.5, 0.6) is 0 Å². The molecule has 0 amide bonds. The maximum Gasteiger partial charge on any atom is 0.129 e. The van der Waals surface area contributed by atoms with Crippen molar-refractivity contribution in [1.29, 1.82) is 0 Å². The van der Waals surface area contributed by atoms with E-state index in [1.165, 1.54) is 18.2 Å². The van der Waals surface area contributed by atoms with Crippen molar-refractivity contribution >= 4 is 26.7 Å². The van der Waals surface area contributed by atoms with E-state index in [4.69, 9.17) is 0 Å². The van der Waals surface area contributed by atoms with Crippen LogP contribution < -0.4 is 0 Å². The van der Waals surface area contributed by atoms with E-state index >= 15 is 0 Å². The minimum Gasteiger partial charge on any atom is -0.207 e. The molecule has 106 valence electrons. The number of halogens is 3. The first-order valence-electron chi connectivity index (χ1n) is 6.71. The maximum absolute atomic E-state index is 13.7. The first kappa shape index (κ1) is 14.2. The molecule has 3 rings (SSSR count). The lowest BCUT2D eigenvalue weighted by Gasteiger charge is -2.12. The molecule has 21 heavy (non-hydrogen) atoms. The van der Waals surface area contributed by atoms with Crippen molar-refractivity contribution in [2.75, 3.05) is 0 Å². The van der Waals surface area contributed by atoms with Crippen LogP contribution in [0, 0.1) is 11.6 Å². The molecule has 0 nitrogen and oxygen atoms in total. The molecule has 0 saturated carbocycles. The van der Waals surface area contributed by atoms with Gasteiger partial charge in [-0.05, 0) is 34.9 Å². The molecule has 1 unspecified atom stereocenters. The molecule has 3 aromatic carbocycles. The molecule has 0 aliphatic heterocycles. The van der Waals surface area contributed by atoms with E-state index in [0.717, 1.165) is 16.3 Å². The Morgan fingerprint density at radius 3 is 2.19 bits per heavy atom. The molecular formula is C18H13BrF2. The number of hydrogen-bond acceptors (Lipinski definition) is 0. The molecule has 3 aromatic rings. The van der Waals surface area contributed by atoms with E-state index in [1.807, 2.05) is 42.5 Å². The molecule has 0 fully saturated rings. The largest absolute Gasteiger partial charge is 0.207 e. The van der Waals surface area contributed by atoms with Crippen molar-refractivity contribution in [1.82, 2.24) is 0 Å².